The number of fused-ring (bicyclic) bond motifs is 1. The first-order valence-electron chi connectivity index (χ1n) is 3.73. The van der Waals surface area contributed by atoms with E-state index in [9.17, 15) is 0 Å². The molecule has 0 aromatic heterocycles. The molecule has 11 heavy (non-hydrogen) atoms. The van der Waals surface area contributed by atoms with Gasteiger partial charge in [0, 0.05) is 17.9 Å². The van der Waals surface area contributed by atoms with Gasteiger partial charge in [0.05, 0.1) is 0 Å². The molecule has 0 amide bonds. The molecular formula is C8H11N3. The summed E-state index contributed by atoms with van der Waals surface area (Å²) in [6.45, 7) is 1.04. The topological polar surface area (TPSA) is 50.1 Å². The molecule has 58 valence electrons. The number of anilines is 2. The summed E-state index contributed by atoms with van der Waals surface area (Å²) in [5.41, 5.74) is 6.20. The van der Waals surface area contributed by atoms with Crippen LogP contribution in [0.4, 0.5) is 11.4 Å². The average molecular weight is 149 g/mol. The minimum absolute atomic E-state index is 0.979. The highest BCUT2D eigenvalue weighted by molar-refractivity contribution is 5.61. The Bertz CT molecular complexity index is 270. The SMILES string of the molecule is NNc1ccc2c(c1)CCN2. The van der Waals surface area contributed by atoms with Gasteiger partial charge >= 0.3 is 0 Å². The molecule has 0 spiro atoms. The number of benzene rings is 1. The molecule has 3 heteroatoms. The van der Waals surface area contributed by atoms with Crippen LogP contribution in [0.3, 0.4) is 0 Å². The predicted octanol–water partition coefficient (Wildman–Crippen LogP) is 0.940. The first-order chi connectivity index (χ1) is 5.40. The molecule has 0 radical (unpaired) electrons. The van der Waals surface area contributed by atoms with Crippen molar-refractivity contribution in [3.8, 4) is 0 Å². The van der Waals surface area contributed by atoms with Gasteiger partial charge in [0.2, 0.25) is 0 Å². The number of hydrogen-bond donors (Lipinski definition) is 3. The van der Waals surface area contributed by atoms with Gasteiger partial charge < -0.3 is 10.7 Å². The van der Waals surface area contributed by atoms with E-state index in [4.69, 9.17) is 5.84 Å². The molecule has 2 rings (SSSR count). The zero-order valence-corrected chi connectivity index (χ0v) is 6.22. The van der Waals surface area contributed by atoms with Crippen LogP contribution in [0.15, 0.2) is 18.2 Å². The van der Waals surface area contributed by atoms with E-state index in [0.29, 0.717) is 0 Å². The fourth-order valence-corrected chi connectivity index (χ4v) is 1.39. The lowest BCUT2D eigenvalue weighted by Crippen LogP contribution is -2.06. The molecule has 0 unspecified atom stereocenters. The van der Waals surface area contributed by atoms with Gasteiger partial charge in [0.1, 0.15) is 0 Å². The van der Waals surface area contributed by atoms with Gasteiger partial charge in [-0.3, -0.25) is 5.84 Å². The molecule has 1 aromatic rings. The Morgan fingerprint density at radius 2 is 2.36 bits per heavy atom. The summed E-state index contributed by atoms with van der Waals surface area (Å²) in [4.78, 5) is 0. The van der Waals surface area contributed by atoms with Gasteiger partial charge in [0.15, 0.2) is 0 Å². The van der Waals surface area contributed by atoms with Crippen molar-refractivity contribution in [2.24, 2.45) is 5.84 Å². The summed E-state index contributed by atoms with van der Waals surface area (Å²) < 4.78 is 0. The van der Waals surface area contributed by atoms with E-state index in [1.165, 1.54) is 11.3 Å². The molecule has 1 heterocycles. The van der Waals surface area contributed by atoms with Gasteiger partial charge in [-0.25, -0.2) is 0 Å². The first kappa shape index (κ1) is 6.49. The second-order valence-corrected chi connectivity index (χ2v) is 2.69. The Morgan fingerprint density at radius 1 is 1.45 bits per heavy atom. The molecule has 1 aromatic carbocycles. The van der Waals surface area contributed by atoms with Crippen LogP contribution in [0.2, 0.25) is 0 Å². The van der Waals surface area contributed by atoms with Crippen molar-refractivity contribution >= 4 is 11.4 Å². The molecule has 0 aliphatic carbocycles. The lowest BCUT2D eigenvalue weighted by atomic mass is 10.1. The quantitative estimate of drug-likeness (QED) is 0.411. The minimum atomic E-state index is 0.979. The molecule has 0 fully saturated rings. The van der Waals surface area contributed by atoms with Crippen molar-refractivity contribution in [2.75, 3.05) is 17.3 Å². The number of rotatable bonds is 1. The third-order valence-corrected chi connectivity index (χ3v) is 1.98. The molecule has 0 saturated carbocycles. The lowest BCUT2D eigenvalue weighted by Gasteiger charge is -2.02. The normalized spacial score (nSPS) is 13.9. The Hall–Kier alpha value is -1.22. The molecule has 3 nitrogen and oxygen atoms in total. The first-order valence-corrected chi connectivity index (χ1v) is 3.73. The zero-order chi connectivity index (χ0) is 7.68. The Labute approximate surface area is 65.6 Å². The molecule has 0 saturated heterocycles. The summed E-state index contributed by atoms with van der Waals surface area (Å²) in [7, 11) is 0. The standard InChI is InChI=1S/C8H11N3/c9-11-7-1-2-8-6(5-7)3-4-10-8/h1-2,5,10-11H,3-4,9H2. The van der Waals surface area contributed by atoms with Crippen LogP contribution < -0.4 is 16.6 Å². The van der Waals surface area contributed by atoms with Gasteiger partial charge in [-0.1, -0.05) is 0 Å². The fraction of sp³-hybridized carbons (Fsp3) is 0.250. The van der Waals surface area contributed by atoms with E-state index in [-0.39, 0.29) is 0 Å². The minimum Gasteiger partial charge on any atom is -0.384 e. The van der Waals surface area contributed by atoms with Crippen LogP contribution in [0.25, 0.3) is 0 Å². The van der Waals surface area contributed by atoms with E-state index in [1.807, 2.05) is 6.07 Å². The van der Waals surface area contributed by atoms with E-state index >= 15 is 0 Å². The van der Waals surface area contributed by atoms with Crippen LogP contribution >= 0.6 is 0 Å². The summed E-state index contributed by atoms with van der Waals surface area (Å²) in [6, 6.07) is 6.10. The lowest BCUT2D eigenvalue weighted by molar-refractivity contribution is 1.11. The van der Waals surface area contributed by atoms with Crippen molar-refractivity contribution in [3.05, 3.63) is 23.8 Å². The smallest absolute Gasteiger partial charge is 0.0489 e. The average Bonchev–Trinajstić information content (AvgIpc) is 2.50. The summed E-state index contributed by atoms with van der Waals surface area (Å²) in [5, 5.41) is 3.28. The molecular weight excluding hydrogens is 138 g/mol. The van der Waals surface area contributed by atoms with Crippen molar-refractivity contribution in [3.63, 3.8) is 0 Å². The number of nitrogens with two attached hydrogens (primary N) is 1. The third-order valence-electron chi connectivity index (χ3n) is 1.98. The fourth-order valence-electron chi connectivity index (χ4n) is 1.39. The second kappa shape index (κ2) is 2.43. The largest absolute Gasteiger partial charge is 0.384 e. The van der Waals surface area contributed by atoms with E-state index in [2.05, 4.69) is 22.9 Å². The highest BCUT2D eigenvalue weighted by Gasteiger charge is 2.08. The van der Waals surface area contributed by atoms with Crippen LogP contribution in [-0.4, -0.2) is 6.54 Å². The highest BCUT2D eigenvalue weighted by Crippen LogP contribution is 2.24. The Kier molecular flexibility index (Phi) is 1.43. The van der Waals surface area contributed by atoms with Crippen LogP contribution in [-0.2, 0) is 6.42 Å². The van der Waals surface area contributed by atoms with Crippen molar-refractivity contribution < 1.29 is 0 Å². The monoisotopic (exact) mass is 149 g/mol. The van der Waals surface area contributed by atoms with Crippen LogP contribution in [0.1, 0.15) is 5.56 Å². The molecule has 0 atom stereocenters. The Morgan fingerprint density at radius 3 is 3.18 bits per heavy atom. The van der Waals surface area contributed by atoms with Crippen molar-refractivity contribution in [2.45, 2.75) is 6.42 Å². The summed E-state index contributed by atoms with van der Waals surface area (Å²) in [6.07, 6.45) is 1.10. The molecule has 0 bridgehead atoms. The van der Waals surface area contributed by atoms with Gasteiger partial charge in [0.25, 0.3) is 0 Å². The van der Waals surface area contributed by atoms with Crippen LogP contribution in [0, 0.1) is 0 Å². The van der Waals surface area contributed by atoms with Crippen LogP contribution in [0.5, 0.6) is 0 Å². The zero-order valence-electron chi connectivity index (χ0n) is 6.22. The van der Waals surface area contributed by atoms with E-state index < -0.39 is 0 Å². The maximum absolute atomic E-state index is 5.27. The number of nitrogen functional groups attached to an aromatic ring is 1. The van der Waals surface area contributed by atoms with Gasteiger partial charge in [-0.05, 0) is 30.2 Å². The number of hydrogen-bond acceptors (Lipinski definition) is 3. The third kappa shape index (κ3) is 1.03. The molecule has 1 aliphatic rings. The van der Waals surface area contributed by atoms with E-state index in [1.54, 1.807) is 0 Å². The van der Waals surface area contributed by atoms with Gasteiger partial charge in [-0.15, -0.1) is 0 Å². The Balaban J connectivity index is 2.41. The van der Waals surface area contributed by atoms with Gasteiger partial charge in [-0.2, -0.15) is 0 Å². The summed E-state index contributed by atoms with van der Waals surface area (Å²) >= 11 is 0. The van der Waals surface area contributed by atoms with Crippen molar-refractivity contribution in [1.29, 1.82) is 0 Å². The maximum Gasteiger partial charge on any atom is 0.0489 e. The predicted molar refractivity (Wildman–Crippen MR) is 46.4 cm³/mol. The maximum atomic E-state index is 5.27. The van der Waals surface area contributed by atoms with E-state index in [0.717, 1.165) is 18.7 Å². The number of hydrazine groups is 1. The highest BCUT2D eigenvalue weighted by atomic mass is 15.2. The number of nitrogens with one attached hydrogen (secondary N) is 2. The molecule has 1 aliphatic heterocycles. The summed E-state index contributed by atoms with van der Waals surface area (Å²) in [5.74, 6) is 5.27. The second-order valence-electron chi connectivity index (χ2n) is 2.69. The molecule has 4 N–H and O–H groups in total. The van der Waals surface area contributed by atoms with Crippen molar-refractivity contribution in [1.82, 2.24) is 0 Å².